The minimum Gasteiger partial charge on any atom is -1.00 e. The first kappa shape index (κ1) is 20.4. The van der Waals surface area contributed by atoms with Crippen LogP contribution in [0.5, 0.6) is 0 Å². The van der Waals surface area contributed by atoms with Crippen molar-refractivity contribution in [2.24, 2.45) is 0 Å². The van der Waals surface area contributed by atoms with Gasteiger partial charge in [-0.15, -0.1) is 41.0 Å². The molecule has 18 heavy (non-hydrogen) atoms. The average molecular weight is 359 g/mol. The van der Waals surface area contributed by atoms with E-state index in [-0.39, 0.29) is 51.0 Å². The Balaban J connectivity index is 0. The van der Waals surface area contributed by atoms with Gasteiger partial charge >= 0.3 is 26.2 Å². The molecule has 0 aromatic heterocycles. The molecule has 0 amide bonds. The molecule has 2 aromatic rings. The second kappa shape index (κ2) is 9.02. The third kappa shape index (κ3) is 4.30. The van der Waals surface area contributed by atoms with Crippen LogP contribution in [0.15, 0.2) is 36.4 Å². The normalized spacial score (nSPS) is 8.83. The van der Waals surface area contributed by atoms with Crippen LogP contribution in [0.1, 0.15) is 23.6 Å². The zero-order valence-corrected chi connectivity index (χ0v) is 14.9. The Morgan fingerprint density at radius 3 is 2.00 bits per heavy atom. The van der Waals surface area contributed by atoms with Crippen molar-refractivity contribution in [1.29, 1.82) is 0 Å². The second-order valence-electron chi connectivity index (χ2n) is 4.13. The summed E-state index contributed by atoms with van der Waals surface area (Å²) in [4.78, 5) is 0. The minimum atomic E-state index is 0. The zero-order valence-electron chi connectivity index (χ0n) is 10.9. The van der Waals surface area contributed by atoms with Crippen LogP contribution in [0.3, 0.4) is 0 Å². The monoisotopic (exact) mass is 357 g/mol. The van der Waals surface area contributed by atoms with E-state index in [4.69, 9.17) is 0 Å². The molecule has 2 aromatic carbocycles. The van der Waals surface area contributed by atoms with E-state index in [1.165, 1.54) is 27.8 Å². The largest absolute Gasteiger partial charge is 3.00 e. The van der Waals surface area contributed by atoms with Gasteiger partial charge in [0.25, 0.3) is 0 Å². The van der Waals surface area contributed by atoms with Crippen molar-refractivity contribution in [3.63, 3.8) is 0 Å². The molecule has 0 N–H and O–H groups in total. The van der Waals surface area contributed by atoms with Gasteiger partial charge in [0.15, 0.2) is 0 Å². The Hall–Kier alpha value is 0.0331. The van der Waals surface area contributed by atoms with Crippen molar-refractivity contribution in [1.82, 2.24) is 0 Å². The fraction of sp³-hybridized carbons (Fsp3) is 0.267. The molecular formula is C15H17Cl2Zr. The van der Waals surface area contributed by atoms with Crippen LogP contribution in [-0.2, 0) is 32.6 Å². The quantitative estimate of drug-likeness (QED) is 0.559. The number of aryl methyl sites for hydroxylation is 3. The molecule has 0 aliphatic heterocycles. The number of hydrogen-bond acceptors (Lipinski definition) is 0. The van der Waals surface area contributed by atoms with E-state index in [2.05, 4.69) is 57.2 Å². The van der Waals surface area contributed by atoms with Crippen LogP contribution in [-0.4, -0.2) is 0 Å². The SMILES string of the molecule is CCc1cccc(-[c-]2c(C)ccc2C)c1.[Cl-].[Cl-].[Zr+3]. The molecule has 0 saturated carbocycles. The zero-order chi connectivity index (χ0) is 10.8. The predicted molar refractivity (Wildman–Crippen MR) is 66.3 cm³/mol. The third-order valence-electron chi connectivity index (χ3n) is 3.00. The molecule has 0 bridgehead atoms. The maximum atomic E-state index is 2.30. The molecule has 0 saturated heterocycles. The first-order valence-corrected chi connectivity index (χ1v) is 5.54. The first-order chi connectivity index (χ1) is 7.22. The van der Waals surface area contributed by atoms with Gasteiger partial charge in [-0.1, -0.05) is 44.0 Å². The molecular weight excluding hydrogens is 342 g/mol. The summed E-state index contributed by atoms with van der Waals surface area (Å²) in [6.45, 7) is 6.56. The maximum absolute atomic E-state index is 2.30. The summed E-state index contributed by atoms with van der Waals surface area (Å²) < 4.78 is 0. The van der Waals surface area contributed by atoms with E-state index in [1.807, 2.05) is 0 Å². The molecule has 1 radical (unpaired) electrons. The Labute approximate surface area is 141 Å². The van der Waals surface area contributed by atoms with Gasteiger partial charge < -0.3 is 24.8 Å². The van der Waals surface area contributed by atoms with Gasteiger partial charge in [0, 0.05) is 0 Å². The number of halogens is 2. The molecule has 0 heterocycles. The minimum absolute atomic E-state index is 0. The van der Waals surface area contributed by atoms with E-state index < -0.39 is 0 Å². The Kier molecular flexibility index (Phi) is 10.2. The van der Waals surface area contributed by atoms with Crippen LogP contribution in [0, 0.1) is 13.8 Å². The second-order valence-corrected chi connectivity index (χ2v) is 4.13. The summed E-state index contributed by atoms with van der Waals surface area (Å²) in [5.41, 5.74) is 6.92. The number of hydrogen-bond donors (Lipinski definition) is 0. The number of rotatable bonds is 2. The fourth-order valence-corrected chi connectivity index (χ4v) is 2.13. The van der Waals surface area contributed by atoms with Gasteiger partial charge in [-0.3, -0.25) is 0 Å². The summed E-state index contributed by atoms with van der Waals surface area (Å²) in [6.07, 6.45) is 1.10. The van der Waals surface area contributed by atoms with Crippen LogP contribution < -0.4 is 24.8 Å². The predicted octanol–water partition coefficient (Wildman–Crippen LogP) is -1.74. The van der Waals surface area contributed by atoms with Crippen molar-refractivity contribution in [2.75, 3.05) is 0 Å². The standard InChI is InChI=1S/C15H17.2ClH.Zr/c1-4-13-6-5-7-14(10-13)15-11(2)8-9-12(15)3;;;/h5-10H,4H2,1-3H3;2*1H;/q-1;;;+3/p-2. The third-order valence-corrected chi connectivity index (χ3v) is 3.00. The van der Waals surface area contributed by atoms with Gasteiger partial charge in [0.05, 0.1) is 0 Å². The first-order valence-electron chi connectivity index (χ1n) is 5.54. The Bertz CT molecular complexity index is 456. The smallest absolute Gasteiger partial charge is 1.00 e. The summed E-state index contributed by atoms with van der Waals surface area (Å²) >= 11 is 0. The van der Waals surface area contributed by atoms with Gasteiger partial charge in [-0.2, -0.15) is 0 Å². The summed E-state index contributed by atoms with van der Waals surface area (Å²) in [5.74, 6) is 0. The molecule has 0 spiro atoms. The summed E-state index contributed by atoms with van der Waals surface area (Å²) in [5, 5.41) is 0. The van der Waals surface area contributed by atoms with Gasteiger partial charge in [0.1, 0.15) is 0 Å². The van der Waals surface area contributed by atoms with Crippen LogP contribution in [0.2, 0.25) is 0 Å². The molecule has 2 rings (SSSR count). The van der Waals surface area contributed by atoms with E-state index in [1.54, 1.807) is 0 Å². The molecule has 0 aliphatic rings. The van der Waals surface area contributed by atoms with Crippen molar-refractivity contribution in [2.45, 2.75) is 27.2 Å². The molecule has 0 nitrogen and oxygen atoms in total. The van der Waals surface area contributed by atoms with Crippen molar-refractivity contribution >= 4 is 0 Å². The maximum Gasteiger partial charge on any atom is 3.00 e. The summed E-state index contributed by atoms with van der Waals surface area (Å²) in [6, 6.07) is 13.2. The molecule has 3 heteroatoms. The van der Waals surface area contributed by atoms with Crippen molar-refractivity contribution in [3.8, 4) is 11.1 Å². The van der Waals surface area contributed by atoms with Crippen molar-refractivity contribution in [3.05, 3.63) is 53.1 Å². The van der Waals surface area contributed by atoms with Crippen LogP contribution >= 0.6 is 0 Å². The molecule has 0 fully saturated rings. The average Bonchev–Trinajstić information content (AvgIpc) is 2.59. The van der Waals surface area contributed by atoms with E-state index in [0.717, 1.165) is 6.42 Å². The van der Waals surface area contributed by atoms with Crippen molar-refractivity contribution < 1.29 is 51.0 Å². The molecule has 0 aliphatic carbocycles. The van der Waals surface area contributed by atoms with E-state index in [9.17, 15) is 0 Å². The van der Waals surface area contributed by atoms with E-state index in [0.29, 0.717) is 0 Å². The Morgan fingerprint density at radius 1 is 0.944 bits per heavy atom. The van der Waals surface area contributed by atoms with E-state index >= 15 is 0 Å². The summed E-state index contributed by atoms with van der Waals surface area (Å²) in [7, 11) is 0. The van der Waals surface area contributed by atoms with Gasteiger partial charge in [-0.25, -0.2) is 0 Å². The molecule has 0 unspecified atom stereocenters. The Morgan fingerprint density at radius 2 is 1.50 bits per heavy atom. The topological polar surface area (TPSA) is 0 Å². The fourth-order valence-electron chi connectivity index (χ4n) is 2.13. The van der Waals surface area contributed by atoms with Crippen LogP contribution in [0.4, 0.5) is 0 Å². The van der Waals surface area contributed by atoms with Crippen LogP contribution in [0.25, 0.3) is 11.1 Å². The van der Waals surface area contributed by atoms with Gasteiger partial charge in [-0.05, 0) is 6.42 Å². The van der Waals surface area contributed by atoms with Gasteiger partial charge in [0.2, 0.25) is 0 Å². The number of benzene rings is 1. The molecule has 0 atom stereocenters. The molecule has 95 valence electrons.